The highest BCUT2D eigenvalue weighted by atomic mass is 16.6. The SMILES string of the molecule is CC(C)C[C@@H](NC(=O)OC(C)(C)C)C(=O)N(C)C. The Hall–Kier alpha value is -1.26. The molecule has 2 amide bonds. The summed E-state index contributed by atoms with van der Waals surface area (Å²) < 4.78 is 5.16. The van der Waals surface area contributed by atoms with E-state index >= 15 is 0 Å². The van der Waals surface area contributed by atoms with E-state index in [1.807, 2.05) is 13.8 Å². The number of rotatable bonds is 4. The molecule has 5 nitrogen and oxygen atoms in total. The number of amides is 2. The Balaban J connectivity index is 4.60. The zero-order valence-electron chi connectivity index (χ0n) is 12.5. The Morgan fingerprint density at radius 2 is 1.72 bits per heavy atom. The molecule has 0 fully saturated rings. The number of hydrogen-bond donors (Lipinski definition) is 1. The number of likely N-dealkylation sites (N-methyl/N-ethyl adjacent to an activating group) is 1. The van der Waals surface area contributed by atoms with Gasteiger partial charge in [-0.1, -0.05) is 13.8 Å². The number of ether oxygens (including phenoxy) is 1. The molecule has 0 heterocycles. The van der Waals surface area contributed by atoms with Gasteiger partial charge < -0.3 is 15.0 Å². The Morgan fingerprint density at radius 3 is 2.06 bits per heavy atom. The number of alkyl carbamates (subject to hydrolysis) is 1. The van der Waals surface area contributed by atoms with Crippen molar-refractivity contribution in [1.82, 2.24) is 10.2 Å². The second kappa shape index (κ2) is 6.61. The van der Waals surface area contributed by atoms with Crippen LogP contribution in [0.5, 0.6) is 0 Å². The summed E-state index contributed by atoms with van der Waals surface area (Å²) in [6.07, 6.45) is 0.0411. The summed E-state index contributed by atoms with van der Waals surface area (Å²) >= 11 is 0. The second-order valence-electron chi connectivity index (χ2n) is 6.06. The minimum atomic E-state index is -0.562. The molecule has 0 saturated heterocycles. The van der Waals surface area contributed by atoms with Crippen molar-refractivity contribution in [2.75, 3.05) is 14.1 Å². The maximum absolute atomic E-state index is 11.9. The number of carbonyl (C=O) groups excluding carboxylic acids is 2. The molecular weight excluding hydrogens is 232 g/mol. The minimum Gasteiger partial charge on any atom is -0.444 e. The normalized spacial score (nSPS) is 13.1. The van der Waals surface area contributed by atoms with Crippen molar-refractivity contribution < 1.29 is 14.3 Å². The molecule has 0 aromatic rings. The van der Waals surface area contributed by atoms with E-state index in [0.717, 1.165) is 0 Å². The van der Waals surface area contributed by atoms with Crippen LogP contribution in [0.3, 0.4) is 0 Å². The first-order chi connectivity index (χ1) is 8.03. The molecule has 0 rings (SSSR count). The maximum atomic E-state index is 11.9. The lowest BCUT2D eigenvalue weighted by molar-refractivity contribution is -0.131. The van der Waals surface area contributed by atoms with Crippen LogP contribution in [-0.4, -0.2) is 42.6 Å². The fourth-order valence-corrected chi connectivity index (χ4v) is 1.45. The summed E-state index contributed by atoms with van der Waals surface area (Å²) in [6, 6.07) is -0.533. The van der Waals surface area contributed by atoms with Crippen LogP contribution in [0.4, 0.5) is 4.79 Å². The molecule has 1 N–H and O–H groups in total. The molecule has 18 heavy (non-hydrogen) atoms. The van der Waals surface area contributed by atoms with Crippen LogP contribution in [0.1, 0.15) is 41.0 Å². The lowest BCUT2D eigenvalue weighted by atomic mass is 10.0. The van der Waals surface area contributed by atoms with Crippen molar-refractivity contribution in [3.05, 3.63) is 0 Å². The van der Waals surface area contributed by atoms with E-state index in [2.05, 4.69) is 5.32 Å². The maximum Gasteiger partial charge on any atom is 0.408 e. The van der Waals surface area contributed by atoms with Crippen LogP contribution >= 0.6 is 0 Å². The van der Waals surface area contributed by atoms with Gasteiger partial charge in [0.1, 0.15) is 11.6 Å². The molecule has 0 saturated carbocycles. The molecule has 0 aliphatic heterocycles. The van der Waals surface area contributed by atoms with Crippen molar-refractivity contribution in [3.63, 3.8) is 0 Å². The minimum absolute atomic E-state index is 0.116. The van der Waals surface area contributed by atoms with Crippen LogP contribution in [0.25, 0.3) is 0 Å². The third kappa shape index (κ3) is 7.14. The molecule has 0 aromatic carbocycles. The van der Waals surface area contributed by atoms with Crippen molar-refractivity contribution in [2.45, 2.75) is 52.7 Å². The molecular formula is C13H26N2O3. The van der Waals surface area contributed by atoms with Gasteiger partial charge in [0.2, 0.25) is 5.91 Å². The summed E-state index contributed by atoms with van der Waals surface area (Å²) in [4.78, 5) is 25.1. The number of hydrogen-bond acceptors (Lipinski definition) is 3. The first kappa shape index (κ1) is 16.7. The smallest absolute Gasteiger partial charge is 0.408 e. The quantitative estimate of drug-likeness (QED) is 0.839. The third-order valence-corrected chi connectivity index (χ3v) is 2.14. The van der Waals surface area contributed by atoms with Crippen LogP contribution in [-0.2, 0) is 9.53 Å². The molecule has 0 aliphatic carbocycles. The van der Waals surface area contributed by atoms with Gasteiger partial charge in [-0.05, 0) is 33.1 Å². The summed E-state index contributed by atoms with van der Waals surface area (Å²) in [7, 11) is 3.35. The average molecular weight is 258 g/mol. The largest absolute Gasteiger partial charge is 0.444 e. The molecule has 0 aromatic heterocycles. The zero-order valence-corrected chi connectivity index (χ0v) is 12.5. The molecule has 0 bridgehead atoms. The Morgan fingerprint density at radius 1 is 1.22 bits per heavy atom. The third-order valence-electron chi connectivity index (χ3n) is 2.14. The van der Waals surface area contributed by atoms with Crippen LogP contribution in [0, 0.1) is 5.92 Å². The van der Waals surface area contributed by atoms with Gasteiger partial charge in [-0.3, -0.25) is 4.79 Å². The van der Waals surface area contributed by atoms with Gasteiger partial charge in [0.25, 0.3) is 0 Å². The van der Waals surface area contributed by atoms with E-state index in [1.54, 1.807) is 34.9 Å². The topological polar surface area (TPSA) is 58.6 Å². The lowest BCUT2D eigenvalue weighted by Gasteiger charge is -2.25. The van der Waals surface area contributed by atoms with Gasteiger partial charge in [-0.2, -0.15) is 0 Å². The summed E-state index contributed by atoms with van der Waals surface area (Å²) in [6.45, 7) is 9.38. The van der Waals surface area contributed by atoms with Crippen LogP contribution in [0.15, 0.2) is 0 Å². The first-order valence-corrected chi connectivity index (χ1v) is 6.23. The molecule has 0 radical (unpaired) electrons. The summed E-state index contributed by atoms with van der Waals surface area (Å²) in [5.74, 6) is 0.198. The molecule has 0 spiro atoms. The highest BCUT2D eigenvalue weighted by Gasteiger charge is 2.25. The standard InChI is InChI=1S/C13H26N2O3/c1-9(2)8-10(11(16)15(6)7)14-12(17)18-13(3,4)5/h9-10H,8H2,1-7H3,(H,14,17)/t10-/m1/s1. The van der Waals surface area contributed by atoms with Gasteiger partial charge in [-0.15, -0.1) is 0 Å². The van der Waals surface area contributed by atoms with E-state index in [4.69, 9.17) is 4.74 Å². The Bertz CT molecular complexity index is 293. The van der Waals surface area contributed by atoms with E-state index in [0.29, 0.717) is 12.3 Å². The highest BCUT2D eigenvalue weighted by Crippen LogP contribution is 2.10. The Kier molecular flexibility index (Phi) is 6.15. The molecule has 5 heteroatoms. The summed E-state index contributed by atoms with van der Waals surface area (Å²) in [5.41, 5.74) is -0.562. The van der Waals surface area contributed by atoms with Gasteiger partial charge in [0.15, 0.2) is 0 Å². The van der Waals surface area contributed by atoms with Crippen molar-refractivity contribution in [2.24, 2.45) is 5.92 Å². The monoisotopic (exact) mass is 258 g/mol. The van der Waals surface area contributed by atoms with Crippen molar-refractivity contribution in [3.8, 4) is 0 Å². The van der Waals surface area contributed by atoms with Crippen molar-refractivity contribution in [1.29, 1.82) is 0 Å². The fourth-order valence-electron chi connectivity index (χ4n) is 1.45. The fraction of sp³-hybridized carbons (Fsp3) is 0.846. The predicted octanol–water partition coefficient (Wildman–Crippen LogP) is 2.01. The van der Waals surface area contributed by atoms with Crippen molar-refractivity contribution >= 4 is 12.0 Å². The number of carbonyl (C=O) groups is 2. The van der Waals surface area contributed by atoms with E-state index in [9.17, 15) is 9.59 Å². The first-order valence-electron chi connectivity index (χ1n) is 6.23. The number of nitrogens with one attached hydrogen (secondary N) is 1. The van der Waals surface area contributed by atoms with Gasteiger partial charge in [0, 0.05) is 14.1 Å². The predicted molar refractivity (Wildman–Crippen MR) is 71.3 cm³/mol. The molecule has 0 aliphatic rings. The lowest BCUT2D eigenvalue weighted by Crippen LogP contribution is -2.48. The van der Waals surface area contributed by atoms with E-state index < -0.39 is 17.7 Å². The second-order valence-corrected chi connectivity index (χ2v) is 6.06. The highest BCUT2D eigenvalue weighted by molar-refractivity contribution is 5.85. The van der Waals surface area contributed by atoms with Gasteiger partial charge in [0.05, 0.1) is 0 Å². The van der Waals surface area contributed by atoms with E-state index in [-0.39, 0.29) is 5.91 Å². The van der Waals surface area contributed by atoms with Gasteiger partial charge in [-0.25, -0.2) is 4.79 Å². The molecule has 106 valence electrons. The molecule has 0 unspecified atom stereocenters. The zero-order chi connectivity index (χ0) is 14.5. The Labute approximate surface area is 110 Å². The number of nitrogens with zero attached hydrogens (tertiary/aromatic N) is 1. The average Bonchev–Trinajstić information content (AvgIpc) is 2.11. The molecule has 1 atom stereocenters. The van der Waals surface area contributed by atoms with Crippen LogP contribution < -0.4 is 5.32 Å². The van der Waals surface area contributed by atoms with Crippen LogP contribution in [0.2, 0.25) is 0 Å². The van der Waals surface area contributed by atoms with Gasteiger partial charge >= 0.3 is 6.09 Å². The summed E-state index contributed by atoms with van der Waals surface area (Å²) in [5, 5.41) is 2.63. The van der Waals surface area contributed by atoms with E-state index in [1.165, 1.54) is 4.90 Å².